The van der Waals surface area contributed by atoms with E-state index in [0.717, 1.165) is 28.2 Å². The van der Waals surface area contributed by atoms with Crippen LogP contribution >= 0.6 is 11.6 Å². The Kier molecular flexibility index (Phi) is 5.35. The lowest BCUT2D eigenvalue weighted by Crippen LogP contribution is -2.23. The molecule has 6 heteroatoms. The minimum atomic E-state index is -0.0421. The summed E-state index contributed by atoms with van der Waals surface area (Å²) < 4.78 is 2.01. The average Bonchev–Trinajstić information content (AvgIpc) is 3.10. The van der Waals surface area contributed by atoms with Gasteiger partial charge in [-0.3, -0.25) is 9.36 Å². The molecule has 2 aromatic carbocycles. The van der Waals surface area contributed by atoms with E-state index in [-0.39, 0.29) is 5.91 Å². The number of nitrogens with one attached hydrogen (secondary N) is 1. The first-order valence-corrected chi connectivity index (χ1v) is 9.48. The Hall–Kier alpha value is -3.18. The van der Waals surface area contributed by atoms with Gasteiger partial charge >= 0.3 is 0 Å². The third-order valence-electron chi connectivity index (χ3n) is 4.51. The summed E-state index contributed by atoms with van der Waals surface area (Å²) in [6.07, 6.45) is 2.60. The van der Waals surface area contributed by atoms with Gasteiger partial charge in [-0.25, -0.2) is 9.97 Å². The second-order valence-corrected chi connectivity index (χ2v) is 6.82. The number of fused-ring (bicyclic) bond motifs is 1. The number of carbonyl (C=O) groups excluding carboxylic acids is 1. The summed E-state index contributed by atoms with van der Waals surface area (Å²) in [5.74, 6) is 0.771. The van der Waals surface area contributed by atoms with Crippen LogP contribution in [0.4, 0.5) is 0 Å². The molecule has 4 rings (SSSR count). The molecule has 28 heavy (non-hydrogen) atoms. The molecule has 0 aliphatic rings. The Balaban J connectivity index is 1.50. The quantitative estimate of drug-likeness (QED) is 0.533. The van der Waals surface area contributed by atoms with Crippen molar-refractivity contribution in [1.82, 2.24) is 19.9 Å². The largest absolute Gasteiger partial charge is 0.352 e. The number of amides is 1. The Labute approximate surface area is 168 Å². The summed E-state index contributed by atoms with van der Waals surface area (Å²) in [4.78, 5) is 21.5. The van der Waals surface area contributed by atoms with Crippen molar-refractivity contribution in [2.75, 3.05) is 0 Å². The van der Waals surface area contributed by atoms with Crippen molar-refractivity contribution >= 4 is 28.7 Å². The number of hydrogen-bond acceptors (Lipinski definition) is 3. The summed E-state index contributed by atoms with van der Waals surface area (Å²) >= 11 is 6.14. The average molecular weight is 391 g/mol. The number of halogens is 1. The van der Waals surface area contributed by atoms with Gasteiger partial charge in [-0.2, -0.15) is 0 Å². The zero-order valence-corrected chi connectivity index (χ0v) is 15.9. The van der Waals surface area contributed by atoms with Crippen molar-refractivity contribution in [1.29, 1.82) is 0 Å². The normalized spacial score (nSPS) is 10.9. The molecule has 0 aliphatic heterocycles. The predicted molar refractivity (Wildman–Crippen MR) is 110 cm³/mol. The molecule has 4 aromatic rings. The molecule has 1 amide bonds. The van der Waals surface area contributed by atoms with Crippen LogP contribution in [0.2, 0.25) is 5.02 Å². The number of benzene rings is 2. The van der Waals surface area contributed by atoms with Gasteiger partial charge in [0, 0.05) is 36.3 Å². The van der Waals surface area contributed by atoms with Crippen LogP contribution in [0.5, 0.6) is 0 Å². The fraction of sp³-hybridized carbons (Fsp3) is 0.136. The second-order valence-electron chi connectivity index (χ2n) is 6.41. The molecular formula is C22H19ClN4O. The maximum absolute atomic E-state index is 12.4. The highest BCUT2D eigenvalue weighted by Gasteiger charge is 2.14. The minimum absolute atomic E-state index is 0.0421. The standard InChI is InChI=1S/C22H19ClN4O/c23-18-10-5-4-7-16(18)15-25-21(28)13-12-20-26-19-11-6-14-24-22(19)27(20)17-8-2-1-3-9-17/h1-11,14H,12-13,15H2,(H,25,28). The number of pyridine rings is 1. The molecule has 0 bridgehead atoms. The number of aromatic nitrogens is 3. The zero-order chi connectivity index (χ0) is 19.3. The van der Waals surface area contributed by atoms with Gasteiger partial charge in [-0.05, 0) is 35.9 Å². The van der Waals surface area contributed by atoms with E-state index < -0.39 is 0 Å². The van der Waals surface area contributed by atoms with Crippen LogP contribution < -0.4 is 5.32 Å². The van der Waals surface area contributed by atoms with Crippen LogP contribution in [0.1, 0.15) is 17.8 Å². The SMILES string of the molecule is O=C(CCc1nc2cccnc2n1-c1ccccc1)NCc1ccccc1Cl. The zero-order valence-electron chi connectivity index (χ0n) is 15.2. The lowest BCUT2D eigenvalue weighted by Gasteiger charge is -2.09. The molecule has 0 fully saturated rings. The molecule has 5 nitrogen and oxygen atoms in total. The number of rotatable bonds is 6. The molecule has 0 saturated heterocycles. The Morgan fingerprint density at radius 2 is 1.79 bits per heavy atom. The Morgan fingerprint density at radius 3 is 2.61 bits per heavy atom. The highest BCUT2D eigenvalue weighted by molar-refractivity contribution is 6.31. The molecule has 0 saturated carbocycles. The van der Waals surface area contributed by atoms with Gasteiger partial charge in [0.15, 0.2) is 5.65 Å². The van der Waals surface area contributed by atoms with Crippen LogP contribution in [0.3, 0.4) is 0 Å². The first kappa shape index (κ1) is 18.2. The molecule has 0 radical (unpaired) electrons. The van der Waals surface area contributed by atoms with E-state index in [1.165, 1.54) is 0 Å². The highest BCUT2D eigenvalue weighted by Crippen LogP contribution is 2.20. The van der Waals surface area contributed by atoms with E-state index >= 15 is 0 Å². The topological polar surface area (TPSA) is 59.8 Å². The van der Waals surface area contributed by atoms with E-state index in [4.69, 9.17) is 16.6 Å². The Morgan fingerprint density at radius 1 is 1.00 bits per heavy atom. The summed E-state index contributed by atoms with van der Waals surface area (Å²) in [6.45, 7) is 0.412. The Bertz CT molecular complexity index is 1110. The molecule has 2 aromatic heterocycles. The van der Waals surface area contributed by atoms with E-state index in [1.807, 2.05) is 71.3 Å². The smallest absolute Gasteiger partial charge is 0.220 e. The fourth-order valence-corrected chi connectivity index (χ4v) is 3.33. The number of para-hydroxylation sites is 1. The fourth-order valence-electron chi connectivity index (χ4n) is 3.12. The molecule has 0 spiro atoms. The van der Waals surface area contributed by atoms with Crippen molar-refractivity contribution in [3.8, 4) is 5.69 Å². The monoisotopic (exact) mass is 390 g/mol. The number of nitrogens with zero attached hydrogens (tertiary/aromatic N) is 3. The summed E-state index contributed by atoms with van der Waals surface area (Å²) in [6, 6.07) is 21.2. The van der Waals surface area contributed by atoms with Crippen molar-refractivity contribution in [3.05, 3.63) is 89.3 Å². The number of imidazole rings is 1. The predicted octanol–water partition coefficient (Wildman–Crippen LogP) is 4.32. The number of carbonyl (C=O) groups is 1. The van der Waals surface area contributed by atoms with Crippen LogP contribution in [-0.2, 0) is 17.8 Å². The van der Waals surface area contributed by atoms with Crippen molar-refractivity contribution in [2.45, 2.75) is 19.4 Å². The van der Waals surface area contributed by atoms with E-state index in [2.05, 4.69) is 10.3 Å². The van der Waals surface area contributed by atoms with Gasteiger partial charge in [-0.15, -0.1) is 0 Å². The van der Waals surface area contributed by atoms with Crippen molar-refractivity contribution in [2.24, 2.45) is 0 Å². The molecule has 0 aliphatic carbocycles. The maximum Gasteiger partial charge on any atom is 0.220 e. The maximum atomic E-state index is 12.4. The van der Waals surface area contributed by atoms with Gasteiger partial charge in [0.2, 0.25) is 5.91 Å². The lowest BCUT2D eigenvalue weighted by molar-refractivity contribution is -0.121. The molecule has 140 valence electrons. The summed E-state index contributed by atoms with van der Waals surface area (Å²) in [5, 5.41) is 3.58. The van der Waals surface area contributed by atoms with Gasteiger partial charge in [0.25, 0.3) is 0 Å². The van der Waals surface area contributed by atoms with Crippen LogP contribution in [0.25, 0.3) is 16.9 Å². The van der Waals surface area contributed by atoms with E-state index in [1.54, 1.807) is 6.20 Å². The van der Waals surface area contributed by atoms with Crippen LogP contribution in [0, 0.1) is 0 Å². The minimum Gasteiger partial charge on any atom is -0.352 e. The second kappa shape index (κ2) is 8.23. The third kappa shape index (κ3) is 3.89. The summed E-state index contributed by atoms with van der Waals surface area (Å²) in [5.41, 5.74) is 3.49. The van der Waals surface area contributed by atoms with Gasteiger partial charge < -0.3 is 5.32 Å². The lowest BCUT2D eigenvalue weighted by atomic mass is 10.2. The number of aryl methyl sites for hydroxylation is 1. The van der Waals surface area contributed by atoms with Crippen molar-refractivity contribution in [3.63, 3.8) is 0 Å². The summed E-state index contributed by atoms with van der Waals surface area (Å²) in [7, 11) is 0. The molecule has 0 atom stereocenters. The first-order valence-electron chi connectivity index (χ1n) is 9.10. The van der Waals surface area contributed by atoms with Gasteiger partial charge in [0.05, 0.1) is 0 Å². The van der Waals surface area contributed by atoms with Gasteiger partial charge in [-0.1, -0.05) is 48.0 Å². The third-order valence-corrected chi connectivity index (χ3v) is 4.88. The number of hydrogen-bond donors (Lipinski definition) is 1. The van der Waals surface area contributed by atoms with E-state index in [9.17, 15) is 4.79 Å². The molecule has 0 unspecified atom stereocenters. The molecule has 1 N–H and O–H groups in total. The van der Waals surface area contributed by atoms with Gasteiger partial charge in [0.1, 0.15) is 11.3 Å². The first-order chi connectivity index (χ1) is 13.7. The van der Waals surface area contributed by atoms with Crippen LogP contribution in [-0.4, -0.2) is 20.4 Å². The highest BCUT2D eigenvalue weighted by atomic mass is 35.5. The van der Waals surface area contributed by atoms with Crippen molar-refractivity contribution < 1.29 is 4.79 Å². The van der Waals surface area contributed by atoms with Crippen LogP contribution in [0.15, 0.2) is 72.9 Å². The van der Waals surface area contributed by atoms with E-state index in [0.29, 0.717) is 24.4 Å². The molecular weight excluding hydrogens is 372 g/mol. The molecule has 2 heterocycles.